The lowest BCUT2D eigenvalue weighted by Gasteiger charge is -2.26. The molecule has 7 nitrogen and oxygen atoms in total. The van der Waals surface area contributed by atoms with Crippen LogP contribution in [0.25, 0.3) is 10.9 Å². The Hall–Kier alpha value is -3.16. The minimum atomic E-state index is -0.895. The summed E-state index contributed by atoms with van der Waals surface area (Å²) in [5.41, 5.74) is 2.73. The molecule has 2 aromatic carbocycles. The molecule has 1 fully saturated rings. The average molecular weight is 422 g/mol. The van der Waals surface area contributed by atoms with Crippen molar-refractivity contribution in [2.75, 3.05) is 39.5 Å². The quantitative estimate of drug-likeness (QED) is 0.631. The number of hydrogen-bond acceptors (Lipinski definition) is 5. The van der Waals surface area contributed by atoms with Crippen LogP contribution in [0.2, 0.25) is 0 Å². The van der Waals surface area contributed by atoms with Crippen molar-refractivity contribution < 1.29 is 24.2 Å². The fourth-order valence-corrected chi connectivity index (χ4v) is 3.95. The topological polar surface area (TPSA) is 81.0 Å². The van der Waals surface area contributed by atoms with Gasteiger partial charge in [0.2, 0.25) is 0 Å². The first-order chi connectivity index (χ1) is 15.0. The molecule has 3 aromatic rings. The molecule has 0 amide bonds. The number of carbonyl (C=O) groups excluding carboxylic acids is 1. The summed E-state index contributed by atoms with van der Waals surface area (Å²) in [5.74, 6) is -0.323. The number of morpholine rings is 1. The molecule has 2 heterocycles. The standard InChI is InChI=1S/C24H26N2O5/c1-17-15-21-19(16-23(27)28)3-2-4-22(21)26(17)24(29)18-5-7-20(8-6-18)31-14-11-25-9-12-30-13-10-25/h2-8,15H,9-14,16H2,1H3,(H,27,28). The molecule has 0 saturated carbocycles. The van der Waals surface area contributed by atoms with Crippen LogP contribution in [0.1, 0.15) is 21.6 Å². The fourth-order valence-electron chi connectivity index (χ4n) is 3.95. The van der Waals surface area contributed by atoms with Crippen molar-refractivity contribution in [3.63, 3.8) is 0 Å². The number of hydrogen-bond donors (Lipinski definition) is 1. The van der Waals surface area contributed by atoms with Crippen LogP contribution in [0.3, 0.4) is 0 Å². The molecular weight excluding hydrogens is 396 g/mol. The highest BCUT2D eigenvalue weighted by atomic mass is 16.5. The second kappa shape index (κ2) is 9.32. The molecule has 0 bridgehead atoms. The van der Waals surface area contributed by atoms with Crippen molar-refractivity contribution in [3.8, 4) is 5.75 Å². The Morgan fingerprint density at radius 2 is 1.84 bits per heavy atom. The maximum atomic E-state index is 13.2. The molecule has 1 aliphatic heterocycles. The lowest BCUT2D eigenvalue weighted by atomic mass is 10.1. The number of ether oxygens (including phenoxy) is 2. The SMILES string of the molecule is Cc1cc2c(CC(=O)O)cccc2n1C(=O)c1ccc(OCCN2CCOCC2)cc1. The Morgan fingerprint density at radius 1 is 1.10 bits per heavy atom. The van der Waals surface area contributed by atoms with Gasteiger partial charge in [0, 0.05) is 36.3 Å². The van der Waals surface area contributed by atoms with Crippen LogP contribution < -0.4 is 4.74 Å². The van der Waals surface area contributed by atoms with Crippen LogP contribution in [-0.4, -0.2) is 65.9 Å². The number of rotatable bonds is 7. The lowest BCUT2D eigenvalue weighted by Crippen LogP contribution is -2.38. The maximum absolute atomic E-state index is 13.2. The smallest absolute Gasteiger partial charge is 0.307 e. The van der Waals surface area contributed by atoms with E-state index in [-0.39, 0.29) is 12.3 Å². The second-order valence-corrected chi connectivity index (χ2v) is 7.67. The van der Waals surface area contributed by atoms with E-state index in [1.165, 1.54) is 0 Å². The Balaban J connectivity index is 1.47. The Bertz CT molecular complexity index is 1080. The summed E-state index contributed by atoms with van der Waals surface area (Å²) >= 11 is 0. The van der Waals surface area contributed by atoms with Gasteiger partial charge in [0.05, 0.1) is 25.2 Å². The summed E-state index contributed by atoms with van der Waals surface area (Å²) in [6.45, 7) is 6.67. The first-order valence-electron chi connectivity index (χ1n) is 10.4. The number of aryl methyl sites for hydroxylation is 1. The zero-order valence-electron chi connectivity index (χ0n) is 17.5. The molecule has 0 spiro atoms. The lowest BCUT2D eigenvalue weighted by molar-refractivity contribution is -0.136. The van der Waals surface area contributed by atoms with Gasteiger partial charge in [-0.1, -0.05) is 12.1 Å². The first-order valence-corrected chi connectivity index (χ1v) is 10.4. The summed E-state index contributed by atoms with van der Waals surface area (Å²) < 4.78 is 12.8. The Morgan fingerprint density at radius 3 is 2.55 bits per heavy atom. The van der Waals surface area contributed by atoms with Gasteiger partial charge < -0.3 is 14.6 Å². The zero-order chi connectivity index (χ0) is 21.8. The van der Waals surface area contributed by atoms with E-state index in [2.05, 4.69) is 4.90 Å². The summed E-state index contributed by atoms with van der Waals surface area (Å²) in [6.07, 6.45) is -0.0779. The maximum Gasteiger partial charge on any atom is 0.307 e. The third kappa shape index (κ3) is 4.78. The predicted octanol–water partition coefficient (Wildman–Crippen LogP) is 2.98. The highest BCUT2D eigenvalue weighted by molar-refractivity contribution is 6.04. The summed E-state index contributed by atoms with van der Waals surface area (Å²) in [5, 5.41) is 9.95. The van der Waals surface area contributed by atoms with Crippen molar-refractivity contribution in [1.29, 1.82) is 0 Å². The fraction of sp³-hybridized carbons (Fsp3) is 0.333. The molecule has 7 heteroatoms. The molecule has 1 N–H and O–H groups in total. The van der Waals surface area contributed by atoms with Gasteiger partial charge in [-0.2, -0.15) is 0 Å². The number of carboxylic acids is 1. The molecule has 0 unspecified atom stereocenters. The van der Waals surface area contributed by atoms with E-state index in [1.54, 1.807) is 28.8 Å². The summed E-state index contributed by atoms with van der Waals surface area (Å²) in [7, 11) is 0. The van der Waals surface area contributed by atoms with Gasteiger partial charge in [-0.3, -0.25) is 19.1 Å². The van der Waals surface area contributed by atoms with E-state index in [1.807, 2.05) is 31.2 Å². The number of carboxylic acid groups (broad SMARTS) is 1. The highest BCUT2D eigenvalue weighted by Gasteiger charge is 2.17. The van der Waals surface area contributed by atoms with Crippen LogP contribution in [0.5, 0.6) is 5.75 Å². The molecular formula is C24H26N2O5. The monoisotopic (exact) mass is 422 g/mol. The zero-order valence-corrected chi connectivity index (χ0v) is 17.5. The average Bonchev–Trinajstić information content (AvgIpc) is 3.11. The normalized spacial score (nSPS) is 14.6. The van der Waals surface area contributed by atoms with E-state index >= 15 is 0 Å². The van der Waals surface area contributed by atoms with Crippen LogP contribution in [0.4, 0.5) is 0 Å². The van der Waals surface area contributed by atoms with Crippen LogP contribution in [0, 0.1) is 6.92 Å². The predicted molar refractivity (Wildman–Crippen MR) is 117 cm³/mol. The first kappa shape index (κ1) is 21.1. The van der Waals surface area contributed by atoms with Crippen molar-refractivity contribution >= 4 is 22.8 Å². The second-order valence-electron chi connectivity index (χ2n) is 7.67. The van der Waals surface area contributed by atoms with E-state index in [0.717, 1.165) is 49.7 Å². The highest BCUT2D eigenvalue weighted by Crippen LogP contribution is 2.25. The molecule has 162 valence electrons. The minimum absolute atomic E-state index is 0.0779. The van der Waals surface area contributed by atoms with E-state index in [9.17, 15) is 9.59 Å². The number of aliphatic carboxylic acids is 1. The van der Waals surface area contributed by atoms with Gasteiger partial charge in [-0.25, -0.2) is 0 Å². The van der Waals surface area contributed by atoms with Crippen molar-refractivity contribution in [2.45, 2.75) is 13.3 Å². The number of nitrogens with zero attached hydrogens (tertiary/aromatic N) is 2. The van der Waals surface area contributed by atoms with Crippen molar-refractivity contribution in [1.82, 2.24) is 9.47 Å². The molecule has 1 aromatic heterocycles. The van der Waals surface area contributed by atoms with Crippen molar-refractivity contribution in [2.24, 2.45) is 0 Å². The van der Waals surface area contributed by atoms with Gasteiger partial charge in [0.15, 0.2) is 0 Å². The molecule has 4 rings (SSSR count). The molecule has 31 heavy (non-hydrogen) atoms. The molecule has 0 radical (unpaired) electrons. The Labute approximate surface area is 180 Å². The Kier molecular flexibility index (Phi) is 6.34. The van der Waals surface area contributed by atoms with Gasteiger partial charge in [-0.15, -0.1) is 0 Å². The van der Waals surface area contributed by atoms with E-state index < -0.39 is 5.97 Å². The molecule has 1 saturated heterocycles. The van der Waals surface area contributed by atoms with Gasteiger partial charge in [0.25, 0.3) is 5.91 Å². The number of aromatic nitrogens is 1. The number of fused-ring (bicyclic) bond motifs is 1. The molecule has 0 atom stereocenters. The largest absolute Gasteiger partial charge is 0.492 e. The van der Waals surface area contributed by atoms with Crippen LogP contribution in [0.15, 0.2) is 48.5 Å². The van der Waals surface area contributed by atoms with Gasteiger partial charge in [-0.05, 0) is 48.9 Å². The van der Waals surface area contributed by atoms with E-state index in [4.69, 9.17) is 14.6 Å². The molecule has 0 aliphatic carbocycles. The third-order valence-electron chi connectivity index (χ3n) is 5.55. The van der Waals surface area contributed by atoms with Gasteiger partial charge >= 0.3 is 5.97 Å². The number of carbonyl (C=O) groups is 2. The third-order valence-corrected chi connectivity index (χ3v) is 5.55. The summed E-state index contributed by atoms with van der Waals surface area (Å²) in [6, 6.07) is 14.4. The van der Waals surface area contributed by atoms with Crippen LogP contribution in [-0.2, 0) is 16.0 Å². The molecule has 1 aliphatic rings. The van der Waals surface area contributed by atoms with Crippen molar-refractivity contribution in [3.05, 3.63) is 65.4 Å². The van der Waals surface area contributed by atoms with Gasteiger partial charge in [0.1, 0.15) is 12.4 Å². The van der Waals surface area contributed by atoms with Crippen LogP contribution >= 0.6 is 0 Å². The van der Waals surface area contributed by atoms with E-state index in [0.29, 0.717) is 23.3 Å². The number of benzene rings is 2. The summed E-state index contributed by atoms with van der Waals surface area (Å²) in [4.78, 5) is 26.7. The minimum Gasteiger partial charge on any atom is -0.492 e.